The number of ether oxygens (including phenoxy) is 1. The first-order chi connectivity index (χ1) is 9.35. The first-order valence-corrected chi connectivity index (χ1v) is 6.86. The Morgan fingerprint density at radius 1 is 1.45 bits per heavy atom. The van der Waals surface area contributed by atoms with Gasteiger partial charge in [-0.2, -0.15) is 0 Å². The van der Waals surface area contributed by atoms with Crippen LogP contribution in [0.15, 0.2) is 18.2 Å². The third-order valence-electron chi connectivity index (χ3n) is 3.15. The Kier molecular flexibility index (Phi) is 6.39. The van der Waals surface area contributed by atoms with Crippen LogP contribution in [0.2, 0.25) is 5.02 Å². The predicted octanol–water partition coefficient (Wildman–Crippen LogP) is 3.40. The zero-order valence-electron chi connectivity index (χ0n) is 12.1. The third-order valence-corrected chi connectivity index (χ3v) is 3.38. The molecule has 1 rings (SSSR count). The van der Waals surface area contributed by atoms with Gasteiger partial charge in [0.1, 0.15) is 0 Å². The summed E-state index contributed by atoms with van der Waals surface area (Å²) in [4.78, 5) is 10.6. The molecule has 1 aromatic rings. The molecule has 0 spiro atoms. The van der Waals surface area contributed by atoms with Gasteiger partial charge in [0.25, 0.3) is 5.69 Å². The Labute approximate surface area is 124 Å². The van der Waals surface area contributed by atoms with Gasteiger partial charge in [-0.25, -0.2) is 0 Å². The summed E-state index contributed by atoms with van der Waals surface area (Å²) in [7, 11) is 1.68. The minimum atomic E-state index is -0.404. The van der Waals surface area contributed by atoms with Gasteiger partial charge in [-0.05, 0) is 24.0 Å². The quantitative estimate of drug-likeness (QED) is 0.590. The van der Waals surface area contributed by atoms with Crippen LogP contribution in [0.1, 0.15) is 25.8 Å². The van der Waals surface area contributed by atoms with Crippen molar-refractivity contribution >= 4 is 17.3 Å². The van der Waals surface area contributed by atoms with Crippen molar-refractivity contribution in [2.45, 2.75) is 26.8 Å². The summed E-state index contributed by atoms with van der Waals surface area (Å²) in [5.41, 5.74) is 0.777. The normalized spacial score (nSPS) is 11.6. The van der Waals surface area contributed by atoms with Crippen LogP contribution in [0.4, 0.5) is 5.69 Å². The Balaban J connectivity index is 2.60. The maximum absolute atomic E-state index is 11.0. The summed E-state index contributed by atoms with van der Waals surface area (Å²) in [5, 5.41) is 14.6. The number of hydrogen-bond acceptors (Lipinski definition) is 4. The molecule has 0 aromatic heterocycles. The number of methoxy groups -OCH3 is 1. The molecule has 1 aromatic carbocycles. The van der Waals surface area contributed by atoms with E-state index in [4.69, 9.17) is 16.3 Å². The molecular formula is C14H21ClN2O3. The minimum absolute atomic E-state index is 0.0553. The van der Waals surface area contributed by atoms with Crippen LogP contribution in [0.5, 0.6) is 0 Å². The Bertz CT molecular complexity index is 464. The minimum Gasteiger partial charge on any atom is -0.385 e. The molecule has 0 radical (unpaired) electrons. The average molecular weight is 301 g/mol. The van der Waals surface area contributed by atoms with Crippen LogP contribution >= 0.6 is 11.6 Å². The highest BCUT2D eigenvalue weighted by atomic mass is 35.5. The molecule has 0 bridgehead atoms. The maximum Gasteiger partial charge on any atom is 0.275 e. The van der Waals surface area contributed by atoms with Gasteiger partial charge in [-0.3, -0.25) is 10.1 Å². The Morgan fingerprint density at radius 2 is 2.15 bits per heavy atom. The largest absolute Gasteiger partial charge is 0.385 e. The van der Waals surface area contributed by atoms with Gasteiger partial charge in [0.15, 0.2) is 0 Å². The predicted molar refractivity (Wildman–Crippen MR) is 80.1 cm³/mol. The van der Waals surface area contributed by atoms with E-state index in [1.54, 1.807) is 19.2 Å². The van der Waals surface area contributed by atoms with E-state index in [0.717, 1.165) is 13.0 Å². The molecule has 1 N–H and O–H groups in total. The molecule has 0 heterocycles. The SMILES string of the molecule is COCCC(C)(C)CNCc1ccc(Cl)cc1[N+](=O)[O-]. The van der Waals surface area contributed by atoms with E-state index in [0.29, 0.717) is 23.7 Å². The highest BCUT2D eigenvalue weighted by Crippen LogP contribution is 2.24. The van der Waals surface area contributed by atoms with Gasteiger partial charge >= 0.3 is 0 Å². The summed E-state index contributed by atoms with van der Waals surface area (Å²) in [6.07, 6.45) is 0.930. The van der Waals surface area contributed by atoms with E-state index in [-0.39, 0.29) is 11.1 Å². The number of nitro groups is 1. The molecule has 0 fully saturated rings. The topological polar surface area (TPSA) is 64.4 Å². The molecule has 6 heteroatoms. The van der Waals surface area contributed by atoms with Gasteiger partial charge in [0, 0.05) is 43.5 Å². The van der Waals surface area contributed by atoms with E-state index < -0.39 is 4.92 Å². The number of benzene rings is 1. The van der Waals surface area contributed by atoms with E-state index in [1.165, 1.54) is 6.07 Å². The fraction of sp³-hybridized carbons (Fsp3) is 0.571. The van der Waals surface area contributed by atoms with Gasteiger partial charge in [-0.15, -0.1) is 0 Å². The zero-order chi connectivity index (χ0) is 15.2. The monoisotopic (exact) mass is 300 g/mol. The summed E-state index contributed by atoms with van der Waals surface area (Å²) in [6, 6.07) is 4.74. The van der Waals surface area contributed by atoms with Crippen molar-refractivity contribution in [3.05, 3.63) is 38.9 Å². The molecule has 0 aliphatic carbocycles. The smallest absolute Gasteiger partial charge is 0.275 e. The first kappa shape index (κ1) is 16.9. The second-order valence-electron chi connectivity index (χ2n) is 5.54. The van der Waals surface area contributed by atoms with Crippen molar-refractivity contribution in [2.24, 2.45) is 5.41 Å². The Morgan fingerprint density at radius 3 is 2.75 bits per heavy atom. The second kappa shape index (κ2) is 7.57. The molecule has 0 unspecified atom stereocenters. The van der Waals surface area contributed by atoms with Gasteiger partial charge in [0.2, 0.25) is 0 Å². The van der Waals surface area contributed by atoms with Crippen molar-refractivity contribution in [1.82, 2.24) is 5.32 Å². The van der Waals surface area contributed by atoms with Crippen LogP contribution in [0.25, 0.3) is 0 Å². The summed E-state index contributed by atoms with van der Waals surface area (Å²) in [6.45, 7) is 6.18. The van der Waals surface area contributed by atoms with Crippen molar-refractivity contribution < 1.29 is 9.66 Å². The molecule has 0 saturated heterocycles. The van der Waals surface area contributed by atoms with Gasteiger partial charge < -0.3 is 10.1 Å². The molecule has 5 nitrogen and oxygen atoms in total. The fourth-order valence-corrected chi connectivity index (χ4v) is 2.03. The summed E-state index contributed by atoms with van der Waals surface area (Å²) in [5.74, 6) is 0. The van der Waals surface area contributed by atoms with Gasteiger partial charge in [-0.1, -0.05) is 25.4 Å². The molecule has 112 valence electrons. The van der Waals surface area contributed by atoms with Crippen LogP contribution in [0, 0.1) is 15.5 Å². The molecule has 0 amide bonds. The van der Waals surface area contributed by atoms with Crippen LogP contribution < -0.4 is 5.32 Å². The van der Waals surface area contributed by atoms with Crippen LogP contribution in [0.3, 0.4) is 0 Å². The average Bonchev–Trinajstić information content (AvgIpc) is 2.38. The van der Waals surface area contributed by atoms with Crippen molar-refractivity contribution in [3.63, 3.8) is 0 Å². The van der Waals surface area contributed by atoms with Gasteiger partial charge in [0.05, 0.1) is 4.92 Å². The third kappa shape index (κ3) is 5.45. The number of nitro benzene ring substituents is 1. The van der Waals surface area contributed by atoms with E-state index in [9.17, 15) is 10.1 Å². The number of nitrogens with zero attached hydrogens (tertiary/aromatic N) is 1. The lowest BCUT2D eigenvalue weighted by Gasteiger charge is -2.24. The number of nitrogens with one attached hydrogen (secondary N) is 1. The first-order valence-electron chi connectivity index (χ1n) is 6.48. The molecular weight excluding hydrogens is 280 g/mol. The van der Waals surface area contributed by atoms with E-state index >= 15 is 0 Å². The van der Waals surface area contributed by atoms with E-state index in [2.05, 4.69) is 19.2 Å². The molecule has 20 heavy (non-hydrogen) atoms. The number of halogens is 1. The fourth-order valence-electron chi connectivity index (χ4n) is 1.86. The highest BCUT2D eigenvalue weighted by Gasteiger charge is 2.18. The van der Waals surface area contributed by atoms with Crippen molar-refractivity contribution in [1.29, 1.82) is 0 Å². The standard InChI is InChI=1S/C14H21ClN2O3/c1-14(2,6-7-20-3)10-16-9-11-4-5-12(15)8-13(11)17(18)19/h4-5,8,16H,6-7,9-10H2,1-3H3. The van der Waals surface area contributed by atoms with Crippen LogP contribution in [-0.4, -0.2) is 25.2 Å². The molecule has 0 saturated carbocycles. The molecule has 0 aliphatic heterocycles. The lowest BCUT2D eigenvalue weighted by molar-refractivity contribution is -0.385. The number of rotatable bonds is 8. The van der Waals surface area contributed by atoms with Crippen LogP contribution in [-0.2, 0) is 11.3 Å². The highest BCUT2D eigenvalue weighted by molar-refractivity contribution is 6.30. The molecule has 0 aliphatic rings. The lowest BCUT2D eigenvalue weighted by atomic mass is 9.89. The number of hydrogen-bond donors (Lipinski definition) is 1. The second-order valence-corrected chi connectivity index (χ2v) is 5.98. The summed E-state index contributed by atoms with van der Waals surface area (Å²) < 4.78 is 5.07. The zero-order valence-corrected chi connectivity index (χ0v) is 12.9. The molecule has 0 atom stereocenters. The van der Waals surface area contributed by atoms with E-state index in [1.807, 2.05) is 0 Å². The lowest BCUT2D eigenvalue weighted by Crippen LogP contribution is -2.30. The Hall–Kier alpha value is -1.17. The maximum atomic E-state index is 11.0. The van der Waals surface area contributed by atoms with Crippen molar-refractivity contribution in [3.8, 4) is 0 Å². The van der Waals surface area contributed by atoms with Crippen molar-refractivity contribution in [2.75, 3.05) is 20.3 Å². The summed E-state index contributed by atoms with van der Waals surface area (Å²) >= 11 is 5.79.